The number of amides is 1. The Hall–Kier alpha value is -4.03. The minimum atomic E-state index is -1.17. The average molecular weight is 487 g/mol. The van der Waals surface area contributed by atoms with Gasteiger partial charge in [-0.25, -0.2) is 4.98 Å². The number of aromatic nitrogens is 2. The van der Waals surface area contributed by atoms with E-state index in [0.29, 0.717) is 29.1 Å². The average Bonchev–Trinajstić information content (AvgIpc) is 3.14. The Morgan fingerprint density at radius 2 is 2.06 bits per heavy atom. The molecule has 10 nitrogen and oxygen atoms in total. The maximum Gasteiger partial charge on any atom is 0.258 e. The highest BCUT2D eigenvalue weighted by Crippen LogP contribution is 2.37. The summed E-state index contributed by atoms with van der Waals surface area (Å²) in [5.41, 5.74) is 1.47. The van der Waals surface area contributed by atoms with Gasteiger partial charge in [0.2, 0.25) is 5.95 Å². The molecule has 0 bridgehead atoms. The highest BCUT2D eigenvalue weighted by Gasteiger charge is 2.29. The van der Waals surface area contributed by atoms with Gasteiger partial charge in [-0.3, -0.25) is 4.79 Å². The van der Waals surface area contributed by atoms with Crippen molar-refractivity contribution in [2.45, 2.75) is 19.1 Å². The van der Waals surface area contributed by atoms with E-state index in [1.807, 2.05) is 0 Å². The molecule has 0 saturated heterocycles. The van der Waals surface area contributed by atoms with Gasteiger partial charge >= 0.3 is 0 Å². The van der Waals surface area contributed by atoms with Crippen LogP contribution in [-0.2, 0) is 13.0 Å². The van der Waals surface area contributed by atoms with Gasteiger partial charge in [0.1, 0.15) is 11.5 Å². The number of aliphatic hydroxyl groups excluding tert-OH is 2. The summed E-state index contributed by atoms with van der Waals surface area (Å²) in [5, 5.41) is 20.4. The number of hydrogen-bond donors (Lipinski definition) is 3. The van der Waals surface area contributed by atoms with Crippen LogP contribution in [0.15, 0.2) is 42.6 Å². The third kappa shape index (κ3) is 5.08. The molecular formula is C23H23F2N5O5. The third-order valence-electron chi connectivity index (χ3n) is 5.40. The molecular weight excluding hydrogens is 464 g/mol. The zero-order valence-corrected chi connectivity index (χ0v) is 18.9. The Bertz CT molecular complexity index is 1240. The van der Waals surface area contributed by atoms with Crippen LogP contribution in [0, 0.1) is 0 Å². The maximum absolute atomic E-state index is 13.5. The molecule has 0 unspecified atom stereocenters. The number of fused-ring (bicyclic) bond motifs is 1. The number of ether oxygens (including phenoxy) is 2. The van der Waals surface area contributed by atoms with Gasteiger partial charge in [-0.1, -0.05) is 27.2 Å². The first kappa shape index (κ1) is 24.1. The number of nitrogens with one attached hydrogen (secondary N) is 1. The van der Waals surface area contributed by atoms with Gasteiger partial charge in [-0.05, 0) is 34.7 Å². The van der Waals surface area contributed by atoms with Crippen LogP contribution in [-0.4, -0.2) is 57.9 Å². The number of anilines is 3. The molecule has 35 heavy (non-hydrogen) atoms. The van der Waals surface area contributed by atoms with E-state index in [2.05, 4.69) is 15.3 Å². The lowest BCUT2D eigenvalue weighted by molar-refractivity contribution is 0.0814. The van der Waals surface area contributed by atoms with E-state index in [-0.39, 0.29) is 30.6 Å². The number of carbonyl (C=O) groups is 1. The van der Waals surface area contributed by atoms with Gasteiger partial charge in [-0.2, -0.15) is 4.98 Å². The van der Waals surface area contributed by atoms with Crippen molar-refractivity contribution in [3.8, 4) is 17.4 Å². The lowest BCUT2D eigenvalue weighted by Gasteiger charge is -2.15. The van der Waals surface area contributed by atoms with Crippen molar-refractivity contribution in [2.24, 2.45) is 0 Å². The van der Waals surface area contributed by atoms with Crippen molar-refractivity contribution in [3.63, 3.8) is 0 Å². The first-order valence-corrected chi connectivity index (χ1v) is 10.6. The van der Waals surface area contributed by atoms with Gasteiger partial charge < -0.3 is 29.9 Å². The topological polar surface area (TPSA) is 120 Å². The van der Waals surface area contributed by atoms with Crippen LogP contribution in [0.3, 0.4) is 0 Å². The summed E-state index contributed by atoms with van der Waals surface area (Å²) < 4.78 is 38.1. The number of hydrogen-bond acceptors (Lipinski definition) is 9. The molecule has 2 aromatic carbocycles. The molecule has 0 radical (unpaired) electrons. The Balaban J connectivity index is 1.64. The summed E-state index contributed by atoms with van der Waals surface area (Å²) in [5.74, 6) is -0.296. The van der Waals surface area contributed by atoms with Crippen LogP contribution < -0.4 is 20.1 Å². The number of benzene rings is 2. The zero-order valence-electron chi connectivity index (χ0n) is 18.9. The van der Waals surface area contributed by atoms with Gasteiger partial charge in [0.05, 0.1) is 37.3 Å². The van der Waals surface area contributed by atoms with E-state index < -0.39 is 23.0 Å². The fourth-order valence-corrected chi connectivity index (χ4v) is 3.69. The standard InChI is InChI=1S/C23H23F2N5O5/c1-29-11-14-4-3-5-18(20(14)22(29)33)35-21-17(30(24)25)10-26-23(28-21)27-16-7-6-13(8-15(32)12-31)9-19(16)34-2/h3-7,9-10,15,31-32H,8,11-12H2,1-2H3,(H,26,27,28)/t15-/m0/s1. The minimum absolute atomic E-state index is 0.0527. The van der Waals surface area contributed by atoms with Crippen molar-refractivity contribution < 1.29 is 33.4 Å². The highest BCUT2D eigenvalue weighted by atomic mass is 19.4. The number of methoxy groups -OCH3 is 1. The number of nitrogens with zero attached hydrogens (tertiary/aromatic N) is 4. The van der Waals surface area contributed by atoms with Crippen LogP contribution in [0.1, 0.15) is 21.5 Å². The van der Waals surface area contributed by atoms with E-state index >= 15 is 0 Å². The number of halogens is 2. The lowest BCUT2D eigenvalue weighted by atomic mass is 10.1. The van der Waals surface area contributed by atoms with E-state index in [1.165, 1.54) is 18.1 Å². The second kappa shape index (κ2) is 10.1. The van der Waals surface area contributed by atoms with E-state index in [0.717, 1.165) is 11.8 Å². The van der Waals surface area contributed by atoms with Crippen molar-refractivity contribution >= 4 is 23.2 Å². The monoisotopic (exact) mass is 487 g/mol. The van der Waals surface area contributed by atoms with Gasteiger partial charge in [0.25, 0.3) is 11.8 Å². The molecule has 12 heteroatoms. The smallest absolute Gasteiger partial charge is 0.258 e. The van der Waals surface area contributed by atoms with Crippen LogP contribution in [0.2, 0.25) is 0 Å². The summed E-state index contributed by atoms with van der Waals surface area (Å²) in [7, 11) is 3.08. The van der Waals surface area contributed by atoms with Gasteiger partial charge in [-0.15, -0.1) is 0 Å². The van der Waals surface area contributed by atoms with E-state index in [9.17, 15) is 18.9 Å². The van der Waals surface area contributed by atoms with Crippen molar-refractivity contribution in [2.75, 3.05) is 31.4 Å². The lowest BCUT2D eigenvalue weighted by Crippen LogP contribution is -2.18. The normalized spacial score (nSPS) is 13.4. The van der Waals surface area contributed by atoms with Crippen LogP contribution in [0.25, 0.3) is 0 Å². The second-order valence-corrected chi connectivity index (χ2v) is 7.87. The Morgan fingerprint density at radius 1 is 1.26 bits per heavy atom. The summed E-state index contributed by atoms with van der Waals surface area (Å²) in [6.07, 6.45) is 0.193. The second-order valence-electron chi connectivity index (χ2n) is 7.87. The predicted octanol–water partition coefficient (Wildman–Crippen LogP) is 3.08. The molecule has 0 saturated carbocycles. The summed E-state index contributed by atoms with van der Waals surface area (Å²) >= 11 is 0. The molecule has 0 spiro atoms. The van der Waals surface area contributed by atoms with Crippen LogP contribution in [0.5, 0.6) is 17.4 Å². The summed E-state index contributed by atoms with van der Waals surface area (Å²) in [4.78, 5) is 22.0. The molecule has 0 fully saturated rings. The van der Waals surface area contributed by atoms with Crippen molar-refractivity contribution in [3.05, 3.63) is 59.3 Å². The first-order chi connectivity index (χ1) is 16.8. The fraction of sp³-hybridized carbons (Fsp3) is 0.261. The quantitative estimate of drug-likeness (QED) is 0.391. The molecule has 1 atom stereocenters. The molecule has 1 aromatic heterocycles. The maximum atomic E-state index is 13.5. The molecule has 0 aliphatic carbocycles. The van der Waals surface area contributed by atoms with Crippen molar-refractivity contribution in [1.82, 2.24) is 14.9 Å². The van der Waals surface area contributed by atoms with Crippen molar-refractivity contribution in [1.29, 1.82) is 0 Å². The first-order valence-electron chi connectivity index (χ1n) is 10.6. The third-order valence-corrected chi connectivity index (χ3v) is 5.40. The minimum Gasteiger partial charge on any atom is -0.495 e. The number of carbonyl (C=O) groups excluding carboxylic acids is 1. The summed E-state index contributed by atoms with van der Waals surface area (Å²) in [6.45, 7) is 0.0101. The molecule has 4 rings (SSSR count). The predicted molar refractivity (Wildman–Crippen MR) is 122 cm³/mol. The molecule has 3 N–H and O–H groups in total. The van der Waals surface area contributed by atoms with Gasteiger partial charge in [0, 0.05) is 20.0 Å². The molecule has 1 aliphatic rings. The number of rotatable bonds is 9. The summed E-state index contributed by atoms with van der Waals surface area (Å²) in [6, 6.07) is 9.96. The largest absolute Gasteiger partial charge is 0.495 e. The Morgan fingerprint density at radius 3 is 2.77 bits per heavy atom. The molecule has 1 amide bonds. The Labute approximate surface area is 199 Å². The number of aliphatic hydroxyl groups is 2. The van der Waals surface area contributed by atoms with Gasteiger partial charge in [0.15, 0.2) is 5.69 Å². The molecule has 2 heterocycles. The van der Waals surface area contributed by atoms with E-state index in [1.54, 1.807) is 37.4 Å². The molecule has 1 aliphatic heterocycles. The SMILES string of the molecule is COc1cc(C[C@H](O)CO)ccc1Nc1ncc(N(F)F)c(Oc2cccc3c2C(=O)N(C)C3)n1. The van der Waals surface area contributed by atoms with Crippen LogP contribution in [0.4, 0.5) is 26.3 Å². The fourth-order valence-electron chi connectivity index (χ4n) is 3.69. The molecule has 3 aromatic rings. The zero-order chi connectivity index (χ0) is 25.1. The van der Waals surface area contributed by atoms with E-state index in [4.69, 9.17) is 14.6 Å². The highest BCUT2D eigenvalue weighted by molar-refractivity contribution is 6.00. The molecule has 184 valence electrons. The Kier molecular flexibility index (Phi) is 6.94. The van der Waals surface area contributed by atoms with Crippen LogP contribution >= 0.6 is 0 Å².